The zero-order valence-electron chi connectivity index (χ0n) is 13.2. The fourth-order valence-electron chi connectivity index (χ4n) is 2.19. The standard InChI is InChI=1S/C16H18ClN3O3/c1-11(16(22)23-3)9-19(2)15(21)12-8-18-20(10-12)14-7-5-4-6-13(14)17/h4-8,10-11H,9H2,1-3H3/t11-/m0/s1. The molecular weight excluding hydrogens is 318 g/mol. The largest absolute Gasteiger partial charge is 0.469 e. The lowest BCUT2D eigenvalue weighted by molar-refractivity contribution is -0.145. The first-order chi connectivity index (χ1) is 10.9. The van der Waals surface area contributed by atoms with Gasteiger partial charge in [0.15, 0.2) is 0 Å². The van der Waals surface area contributed by atoms with Gasteiger partial charge in [0.25, 0.3) is 5.91 Å². The van der Waals surface area contributed by atoms with E-state index in [4.69, 9.17) is 11.6 Å². The van der Waals surface area contributed by atoms with Crippen LogP contribution >= 0.6 is 11.6 Å². The first-order valence-electron chi connectivity index (χ1n) is 7.07. The van der Waals surface area contributed by atoms with Gasteiger partial charge in [0.1, 0.15) is 0 Å². The summed E-state index contributed by atoms with van der Waals surface area (Å²) in [5.74, 6) is -0.969. The van der Waals surface area contributed by atoms with Gasteiger partial charge in [-0.2, -0.15) is 5.10 Å². The van der Waals surface area contributed by atoms with E-state index in [1.54, 1.807) is 30.9 Å². The number of ether oxygens (including phenoxy) is 1. The summed E-state index contributed by atoms with van der Waals surface area (Å²) in [7, 11) is 2.96. The summed E-state index contributed by atoms with van der Waals surface area (Å²) in [5.41, 5.74) is 1.11. The van der Waals surface area contributed by atoms with Crippen LogP contribution in [0.4, 0.5) is 0 Å². The van der Waals surface area contributed by atoms with Crippen molar-refractivity contribution in [3.63, 3.8) is 0 Å². The van der Waals surface area contributed by atoms with E-state index < -0.39 is 5.92 Å². The molecule has 0 saturated carbocycles. The van der Waals surface area contributed by atoms with Gasteiger partial charge in [-0.25, -0.2) is 4.68 Å². The minimum Gasteiger partial charge on any atom is -0.469 e. The van der Waals surface area contributed by atoms with Crippen LogP contribution in [0.2, 0.25) is 5.02 Å². The van der Waals surface area contributed by atoms with Crippen molar-refractivity contribution in [1.29, 1.82) is 0 Å². The van der Waals surface area contributed by atoms with Crippen molar-refractivity contribution in [1.82, 2.24) is 14.7 Å². The average Bonchev–Trinajstić information content (AvgIpc) is 3.03. The number of aromatic nitrogens is 2. The molecule has 2 rings (SSSR count). The highest BCUT2D eigenvalue weighted by molar-refractivity contribution is 6.32. The van der Waals surface area contributed by atoms with Gasteiger partial charge in [-0.15, -0.1) is 0 Å². The summed E-state index contributed by atoms with van der Waals surface area (Å²) >= 11 is 6.12. The maximum absolute atomic E-state index is 12.4. The number of rotatable bonds is 5. The van der Waals surface area contributed by atoms with Gasteiger partial charge in [-0.1, -0.05) is 30.7 Å². The van der Waals surface area contributed by atoms with E-state index in [9.17, 15) is 9.59 Å². The average molecular weight is 336 g/mol. The Morgan fingerprint density at radius 1 is 1.39 bits per heavy atom. The highest BCUT2D eigenvalue weighted by Crippen LogP contribution is 2.19. The number of hydrogen-bond donors (Lipinski definition) is 0. The molecule has 0 saturated heterocycles. The normalized spacial score (nSPS) is 11.8. The SMILES string of the molecule is COC(=O)[C@@H](C)CN(C)C(=O)c1cnn(-c2ccccc2Cl)c1. The third-order valence-electron chi connectivity index (χ3n) is 3.43. The number of esters is 1. The van der Waals surface area contributed by atoms with Crippen molar-refractivity contribution in [3.05, 3.63) is 47.2 Å². The Morgan fingerprint density at radius 3 is 2.74 bits per heavy atom. The summed E-state index contributed by atoms with van der Waals surface area (Å²) in [5, 5.41) is 4.72. The van der Waals surface area contributed by atoms with Crippen molar-refractivity contribution >= 4 is 23.5 Å². The van der Waals surface area contributed by atoms with Crippen LogP contribution in [0.15, 0.2) is 36.7 Å². The van der Waals surface area contributed by atoms with Gasteiger partial charge in [-0.05, 0) is 12.1 Å². The molecule has 122 valence electrons. The van der Waals surface area contributed by atoms with E-state index in [1.807, 2.05) is 18.2 Å². The molecule has 2 aromatic rings. The molecule has 0 fully saturated rings. The van der Waals surface area contributed by atoms with Crippen LogP contribution in [0.5, 0.6) is 0 Å². The third kappa shape index (κ3) is 3.90. The van der Waals surface area contributed by atoms with E-state index in [1.165, 1.54) is 18.2 Å². The number of carbonyl (C=O) groups excluding carboxylic acids is 2. The van der Waals surface area contributed by atoms with Crippen LogP contribution in [0, 0.1) is 5.92 Å². The number of benzene rings is 1. The van der Waals surface area contributed by atoms with Crippen LogP contribution in [0.25, 0.3) is 5.69 Å². The molecule has 6 nitrogen and oxygen atoms in total. The molecular formula is C16H18ClN3O3. The smallest absolute Gasteiger partial charge is 0.310 e. The summed E-state index contributed by atoms with van der Waals surface area (Å²) in [6.45, 7) is 1.98. The topological polar surface area (TPSA) is 64.4 Å². The predicted octanol–water partition coefficient (Wildman–Crippen LogP) is 2.41. The zero-order valence-corrected chi connectivity index (χ0v) is 13.9. The molecule has 1 aromatic heterocycles. The van der Waals surface area contributed by atoms with E-state index in [2.05, 4.69) is 9.84 Å². The van der Waals surface area contributed by atoms with Crippen molar-refractivity contribution in [2.24, 2.45) is 5.92 Å². The van der Waals surface area contributed by atoms with Crippen LogP contribution in [0.1, 0.15) is 17.3 Å². The van der Waals surface area contributed by atoms with Crippen LogP contribution < -0.4 is 0 Å². The van der Waals surface area contributed by atoms with Crippen molar-refractivity contribution in [2.45, 2.75) is 6.92 Å². The Bertz CT molecular complexity index is 714. The van der Waals surface area contributed by atoms with Gasteiger partial charge in [0, 0.05) is 19.8 Å². The Hall–Kier alpha value is -2.34. The number of methoxy groups -OCH3 is 1. The Kier molecular flexibility index (Phi) is 5.39. The van der Waals surface area contributed by atoms with E-state index in [0.717, 1.165) is 0 Å². The lowest BCUT2D eigenvalue weighted by Gasteiger charge is -2.19. The fraction of sp³-hybridized carbons (Fsp3) is 0.312. The quantitative estimate of drug-likeness (QED) is 0.787. The molecule has 0 unspecified atom stereocenters. The highest BCUT2D eigenvalue weighted by Gasteiger charge is 2.20. The summed E-state index contributed by atoms with van der Waals surface area (Å²) in [4.78, 5) is 25.3. The van der Waals surface area contributed by atoms with E-state index in [-0.39, 0.29) is 18.4 Å². The third-order valence-corrected chi connectivity index (χ3v) is 3.75. The molecule has 0 bridgehead atoms. The molecule has 1 heterocycles. The summed E-state index contributed by atoms with van der Waals surface area (Å²) in [6.07, 6.45) is 3.09. The number of amides is 1. The van der Waals surface area contributed by atoms with E-state index >= 15 is 0 Å². The first kappa shape index (κ1) is 17.0. The predicted molar refractivity (Wildman–Crippen MR) is 86.7 cm³/mol. The Morgan fingerprint density at radius 2 is 2.09 bits per heavy atom. The molecule has 0 N–H and O–H groups in total. The molecule has 23 heavy (non-hydrogen) atoms. The number of para-hydroxylation sites is 1. The second kappa shape index (κ2) is 7.28. The molecule has 0 aliphatic carbocycles. The maximum Gasteiger partial charge on any atom is 0.310 e. The van der Waals surface area contributed by atoms with Gasteiger partial charge >= 0.3 is 5.97 Å². The maximum atomic E-state index is 12.4. The lowest BCUT2D eigenvalue weighted by atomic mass is 10.1. The first-order valence-corrected chi connectivity index (χ1v) is 7.44. The molecule has 0 aliphatic heterocycles. The molecule has 0 spiro atoms. The zero-order chi connectivity index (χ0) is 17.0. The number of carbonyl (C=O) groups is 2. The van der Waals surface area contributed by atoms with Crippen LogP contribution in [-0.4, -0.2) is 47.3 Å². The van der Waals surface area contributed by atoms with Crippen molar-refractivity contribution < 1.29 is 14.3 Å². The monoisotopic (exact) mass is 335 g/mol. The van der Waals surface area contributed by atoms with Crippen molar-refractivity contribution in [3.8, 4) is 5.69 Å². The minimum atomic E-state index is -0.396. The molecule has 0 aliphatic rings. The number of halogens is 1. The van der Waals surface area contributed by atoms with E-state index in [0.29, 0.717) is 16.3 Å². The van der Waals surface area contributed by atoms with Crippen molar-refractivity contribution in [2.75, 3.05) is 20.7 Å². The van der Waals surface area contributed by atoms with Gasteiger partial charge in [0.2, 0.25) is 0 Å². The summed E-state index contributed by atoms with van der Waals surface area (Å²) < 4.78 is 6.21. The van der Waals surface area contributed by atoms with Gasteiger partial charge in [-0.3, -0.25) is 9.59 Å². The number of nitrogens with zero attached hydrogens (tertiary/aromatic N) is 3. The van der Waals surface area contributed by atoms with Gasteiger partial charge < -0.3 is 9.64 Å². The fourth-order valence-corrected chi connectivity index (χ4v) is 2.41. The molecule has 1 amide bonds. The Labute approximate surface area is 139 Å². The second-order valence-corrected chi connectivity index (χ2v) is 5.64. The molecule has 1 atom stereocenters. The molecule has 0 radical (unpaired) electrons. The highest BCUT2D eigenvalue weighted by atomic mass is 35.5. The van der Waals surface area contributed by atoms with Gasteiger partial charge in [0.05, 0.1) is 35.5 Å². The second-order valence-electron chi connectivity index (χ2n) is 5.23. The Balaban J connectivity index is 2.12. The molecule has 1 aromatic carbocycles. The lowest BCUT2D eigenvalue weighted by Crippen LogP contribution is -2.34. The van der Waals surface area contributed by atoms with Crippen LogP contribution in [-0.2, 0) is 9.53 Å². The summed E-state index contributed by atoms with van der Waals surface area (Å²) in [6, 6.07) is 7.23. The number of hydrogen-bond acceptors (Lipinski definition) is 4. The van der Waals surface area contributed by atoms with Crippen LogP contribution in [0.3, 0.4) is 0 Å². The minimum absolute atomic E-state index is 0.223. The molecule has 7 heteroatoms.